The van der Waals surface area contributed by atoms with Crippen LogP contribution in [0.4, 0.5) is 0 Å². The highest BCUT2D eigenvalue weighted by Gasteiger charge is 2.15. The Labute approximate surface area is 111 Å². The maximum Gasteiger partial charge on any atom is 0.228 e. The molecule has 0 saturated carbocycles. The molecule has 0 bridgehead atoms. The van der Waals surface area contributed by atoms with Gasteiger partial charge in [0, 0.05) is 7.05 Å². The third-order valence-corrected chi connectivity index (χ3v) is 2.86. The lowest BCUT2D eigenvalue weighted by Gasteiger charge is -2.09. The fraction of sp³-hybridized carbons (Fsp3) is 0.214. The summed E-state index contributed by atoms with van der Waals surface area (Å²) in [6.07, 6.45) is 0.723. The number of hydrogen-bond donors (Lipinski definition) is 0. The number of ether oxygens (including phenoxy) is 1. The Hall–Kier alpha value is -2.61. The second kappa shape index (κ2) is 4.94. The van der Waals surface area contributed by atoms with Gasteiger partial charge in [0.25, 0.3) is 0 Å². The van der Waals surface area contributed by atoms with Crippen LogP contribution >= 0.6 is 0 Å². The molecule has 5 nitrogen and oxygen atoms in total. The molecule has 2 rings (SSSR count). The van der Waals surface area contributed by atoms with Crippen molar-refractivity contribution in [3.63, 3.8) is 0 Å². The second-order valence-corrected chi connectivity index (χ2v) is 4.24. The average Bonchev–Trinajstić information content (AvgIpc) is 2.66. The monoisotopic (exact) mass is 255 g/mol. The van der Waals surface area contributed by atoms with Crippen molar-refractivity contribution in [2.75, 3.05) is 0 Å². The summed E-state index contributed by atoms with van der Waals surface area (Å²) in [7, 11) is 1.71. The van der Waals surface area contributed by atoms with Crippen molar-refractivity contribution in [3.05, 3.63) is 40.6 Å². The molecule has 0 spiro atoms. The summed E-state index contributed by atoms with van der Waals surface area (Å²) in [5.41, 5.74) is 2.42. The Bertz CT molecular complexity index is 681. The van der Waals surface area contributed by atoms with Crippen LogP contribution in [-0.4, -0.2) is 16.1 Å². The smallest absolute Gasteiger partial charge is 0.228 e. The van der Waals surface area contributed by atoms with Gasteiger partial charge in [-0.05, 0) is 31.5 Å². The highest BCUT2D eigenvalue weighted by molar-refractivity contribution is 5.80. The molecular weight excluding hydrogens is 242 g/mol. The van der Waals surface area contributed by atoms with E-state index >= 15 is 0 Å². The first-order chi connectivity index (χ1) is 9.06. The maximum absolute atomic E-state index is 11.1. The van der Waals surface area contributed by atoms with Gasteiger partial charge in [-0.15, -0.1) is 0 Å². The molecule has 2 aromatic rings. The van der Waals surface area contributed by atoms with Gasteiger partial charge in [-0.3, -0.25) is 4.79 Å². The molecule has 0 aliphatic rings. The van der Waals surface area contributed by atoms with E-state index in [0.29, 0.717) is 28.5 Å². The SMILES string of the molecule is Cc1ccc(C#N)cc1Oc1c(C=O)c(C)nn1C. The number of nitriles is 1. The molecule has 96 valence electrons. The number of rotatable bonds is 3. The Kier molecular flexibility index (Phi) is 3.34. The highest BCUT2D eigenvalue weighted by atomic mass is 16.5. The van der Waals surface area contributed by atoms with Crippen LogP contribution < -0.4 is 4.74 Å². The van der Waals surface area contributed by atoms with Crippen molar-refractivity contribution in [2.24, 2.45) is 7.05 Å². The quantitative estimate of drug-likeness (QED) is 0.790. The minimum Gasteiger partial charge on any atom is -0.438 e. The van der Waals surface area contributed by atoms with E-state index in [4.69, 9.17) is 10.00 Å². The molecule has 1 heterocycles. The molecular formula is C14H13N3O2. The van der Waals surface area contributed by atoms with Crippen molar-refractivity contribution in [3.8, 4) is 17.7 Å². The molecule has 5 heteroatoms. The molecule has 0 amide bonds. The van der Waals surface area contributed by atoms with Crippen LogP contribution in [-0.2, 0) is 7.05 Å². The van der Waals surface area contributed by atoms with Gasteiger partial charge in [0.2, 0.25) is 5.88 Å². The van der Waals surface area contributed by atoms with Crippen LogP contribution in [0, 0.1) is 25.2 Å². The number of benzene rings is 1. The first-order valence-electron chi connectivity index (χ1n) is 5.74. The lowest BCUT2D eigenvalue weighted by molar-refractivity contribution is 0.112. The van der Waals surface area contributed by atoms with Gasteiger partial charge < -0.3 is 4.74 Å². The first kappa shape index (κ1) is 12.8. The number of carbonyl (C=O) groups excluding carboxylic acids is 1. The third kappa shape index (κ3) is 2.33. The molecule has 0 aliphatic carbocycles. The number of nitrogens with zero attached hydrogens (tertiary/aromatic N) is 3. The Morgan fingerprint density at radius 1 is 1.42 bits per heavy atom. The molecule has 0 saturated heterocycles. The van der Waals surface area contributed by atoms with E-state index in [-0.39, 0.29) is 0 Å². The van der Waals surface area contributed by atoms with E-state index in [1.54, 1.807) is 32.2 Å². The number of aromatic nitrogens is 2. The molecule has 1 aromatic heterocycles. The van der Waals surface area contributed by atoms with Crippen LogP contribution in [0.3, 0.4) is 0 Å². The van der Waals surface area contributed by atoms with E-state index in [0.717, 1.165) is 11.8 Å². The molecule has 0 fully saturated rings. The van der Waals surface area contributed by atoms with Crippen LogP contribution in [0.25, 0.3) is 0 Å². The van der Waals surface area contributed by atoms with Gasteiger partial charge in [0.05, 0.1) is 22.9 Å². The predicted octanol–water partition coefficient (Wildman–Crippen LogP) is 2.51. The standard InChI is InChI=1S/C14H13N3O2/c1-9-4-5-11(7-15)6-13(9)19-14-12(8-18)10(2)16-17(14)3/h4-6,8H,1-3H3. The van der Waals surface area contributed by atoms with E-state index in [1.165, 1.54) is 4.68 Å². The van der Waals surface area contributed by atoms with Crippen molar-refractivity contribution in [1.82, 2.24) is 9.78 Å². The molecule has 0 aliphatic heterocycles. The fourth-order valence-electron chi connectivity index (χ4n) is 1.79. The van der Waals surface area contributed by atoms with Crippen molar-refractivity contribution in [1.29, 1.82) is 5.26 Å². The normalized spacial score (nSPS) is 10.0. The zero-order valence-electron chi connectivity index (χ0n) is 11.0. The number of carbonyl (C=O) groups is 1. The van der Waals surface area contributed by atoms with E-state index in [1.807, 2.05) is 6.92 Å². The maximum atomic E-state index is 11.1. The van der Waals surface area contributed by atoms with Crippen LogP contribution in [0.5, 0.6) is 11.6 Å². The first-order valence-corrected chi connectivity index (χ1v) is 5.74. The predicted molar refractivity (Wildman–Crippen MR) is 69.3 cm³/mol. The van der Waals surface area contributed by atoms with Crippen LogP contribution in [0.1, 0.15) is 27.2 Å². The summed E-state index contributed by atoms with van der Waals surface area (Å²) in [4.78, 5) is 11.1. The van der Waals surface area contributed by atoms with E-state index < -0.39 is 0 Å². The highest BCUT2D eigenvalue weighted by Crippen LogP contribution is 2.29. The fourth-order valence-corrected chi connectivity index (χ4v) is 1.79. The molecule has 0 N–H and O–H groups in total. The van der Waals surface area contributed by atoms with Crippen molar-refractivity contribution < 1.29 is 9.53 Å². The molecule has 0 unspecified atom stereocenters. The van der Waals surface area contributed by atoms with Gasteiger partial charge in [0.1, 0.15) is 5.75 Å². The van der Waals surface area contributed by atoms with E-state index in [9.17, 15) is 4.79 Å². The third-order valence-electron chi connectivity index (χ3n) is 2.86. The zero-order valence-corrected chi connectivity index (χ0v) is 11.0. The topological polar surface area (TPSA) is 67.9 Å². The molecule has 1 aromatic carbocycles. The molecule has 0 radical (unpaired) electrons. The van der Waals surface area contributed by atoms with Crippen LogP contribution in [0.15, 0.2) is 18.2 Å². The lowest BCUT2D eigenvalue weighted by Crippen LogP contribution is -1.98. The van der Waals surface area contributed by atoms with Gasteiger partial charge in [-0.25, -0.2) is 4.68 Å². The largest absolute Gasteiger partial charge is 0.438 e. The van der Waals surface area contributed by atoms with Gasteiger partial charge in [-0.1, -0.05) is 6.07 Å². The van der Waals surface area contributed by atoms with Gasteiger partial charge >= 0.3 is 0 Å². The average molecular weight is 255 g/mol. The molecule has 0 atom stereocenters. The Morgan fingerprint density at radius 3 is 2.79 bits per heavy atom. The summed E-state index contributed by atoms with van der Waals surface area (Å²) in [5, 5.41) is 13.0. The lowest BCUT2D eigenvalue weighted by atomic mass is 10.1. The zero-order chi connectivity index (χ0) is 14.0. The summed E-state index contributed by atoms with van der Waals surface area (Å²) < 4.78 is 7.25. The number of aldehydes is 1. The van der Waals surface area contributed by atoms with Crippen molar-refractivity contribution in [2.45, 2.75) is 13.8 Å². The minimum absolute atomic E-state index is 0.380. The minimum atomic E-state index is 0.380. The van der Waals surface area contributed by atoms with Gasteiger partial charge in [-0.2, -0.15) is 10.4 Å². The number of hydrogen-bond acceptors (Lipinski definition) is 4. The summed E-state index contributed by atoms with van der Waals surface area (Å²) in [6.45, 7) is 3.62. The summed E-state index contributed by atoms with van der Waals surface area (Å²) >= 11 is 0. The Balaban J connectivity index is 2.47. The molecule has 19 heavy (non-hydrogen) atoms. The summed E-state index contributed by atoms with van der Waals surface area (Å²) in [5.74, 6) is 0.927. The summed E-state index contributed by atoms with van der Waals surface area (Å²) in [6, 6.07) is 7.22. The van der Waals surface area contributed by atoms with E-state index in [2.05, 4.69) is 11.2 Å². The number of aryl methyl sites for hydroxylation is 3. The van der Waals surface area contributed by atoms with Gasteiger partial charge in [0.15, 0.2) is 6.29 Å². The Morgan fingerprint density at radius 2 is 2.16 bits per heavy atom. The van der Waals surface area contributed by atoms with Crippen molar-refractivity contribution >= 4 is 6.29 Å². The van der Waals surface area contributed by atoms with Crippen LogP contribution in [0.2, 0.25) is 0 Å². The second-order valence-electron chi connectivity index (χ2n) is 4.24.